The van der Waals surface area contributed by atoms with E-state index in [0.717, 1.165) is 11.3 Å². The highest BCUT2D eigenvalue weighted by molar-refractivity contribution is 5.27. The molecule has 0 heterocycles. The van der Waals surface area contributed by atoms with Crippen molar-refractivity contribution in [3.63, 3.8) is 0 Å². The van der Waals surface area contributed by atoms with Gasteiger partial charge in [0.05, 0.1) is 0 Å². The molecule has 0 aliphatic carbocycles. The van der Waals surface area contributed by atoms with E-state index < -0.39 is 6.10 Å². The third-order valence-electron chi connectivity index (χ3n) is 2.56. The predicted octanol–water partition coefficient (Wildman–Crippen LogP) is 1.74. The summed E-state index contributed by atoms with van der Waals surface area (Å²) >= 11 is 0. The molecular formula is C15H21NO2. The summed E-state index contributed by atoms with van der Waals surface area (Å²) in [4.78, 5) is 0. The molecule has 3 heteroatoms. The minimum Gasteiger partial charge on any atom is -0.491 e. The Bertz CT molecular complexity index is 398. The van der Waals surface area contributed by atoms with Gasteiger partial charge in [-0.05, 0) is 31.5 Å². The van der Waals surface area contributed by atoms with Gasteiger partial charge in [-0.15, -0.1) is 12.3 Å². The molecule has 0 saturated carbocycles. The van der Waals surface area contributed by atoms with Gasteiger partial charge in [-0.25, -0.2) is 0 Å². The fourth-order valence-corrected chi connectivity index (χ4v) is 1.54. The van der Waals surface area contributed by atoms with Crippen LogP contribution in [0.2, 0.25) is 0 Å². The number of benzene rings is 1. The summed E-state index contributed by atoms with van der Waals surface area (Å²) in [5.74, 6) is 3.36. The van der Waals surface area contributed by atoms with Crippen LogP contribution in [0.5, 0.6) is 5.75 Å². The second-order valence-electron chi connectivity index (χ2n) is 4.50. The van der Waals surface area contributed by atoms with Gasteiger partial charge in [0.25, 0.3) is 0 Å². The lowest BCUT2D eigenvalue weighted by atomic mass is 10.2. The van der Waals surface area contributed by atoms with E-state index in [1.165, 1.54) is 0 Å². The molecular weight excluding hydrogens is 226 g/mol. The molecule has 98 valence electrons. The number of ether oxygens (including phenoxy) is 1. The van der Waals surface area contributed by atoms with Crippen molar-refractivity contribution < 1.29 is 9.84 Å². The van der Waals surface area contributed by atoms with Gasteiger partial charge >= 0.3 is 0 Å². The third-order valence-corrected chi connectivity index (χ3v) is 2.56. The van der Waals surface area contributed by atoms with Gasteiger partial charge in [0.2, 0.25) is 0 Å². The van der Waals surface area contributed by atoms with Crippen molar-refractivity contribution in [3.05, 3.63) is 29.8 Å². The molecule has 3 nitrogen and oxygen atoms in total. The first-order valence-electron chi connectivity index (χ1n) is 6.16. The molecule has 0 spiro atoms. The lowest BCUT2D eigenvalue weighted by Gasteiger charge is -2.16. The van der Waals surface area contributed by atoms with Crippen LogP contribution in [0, 0.1) is 19.3 Å². The van der Waals surface area contributed by atoms with Crippen molar-refractivity contribution >= 4 is 0 Å². The second kappa shape index (κ2) is 7.75. The van der Waals surface area contributed by atoms with E-state index in [9.17, 15) is 5.11 Å². The fraction of sp³-hybridized carbons (Fsp3) is 0.467. The van der Waals surface area contributed by atoms with Gasteiger partial charge in [-0.2, -0.15) is 0 Å². The second-order valence-corrected chi connectivity index (χ2v) is 4.50. The van der Waals surface area contributed by atoms with E-state index >= 15 is 0 Å². The van der Waals surface area contributed by atoms with Crippen LogP contribution in [0.4, 0.5) is 0 Å². The van der Waals surface area contributed by atoms with E-state index in [2.05, 4.69) is 11.2 Å². The molecule has 0 aliphatic rings. The van der Waals surface area contributed by atoms with Crippen molar-refractivity contribution in [2.75, 3.05) is 13.2 Å². The highest BCUT2D eigenvalue weighted by Crippen LogP contribution is 2.12. The molecule has 1 aromatic rings. The summed E-state index contributed by atoms with van der Waals surface area (Å²) in [6.07, 6.45) is 5.33. The zero-order valence-electron chi connectivity index (χ0n) is 11.0. The van der Waals surface area contributed by atoms with Crippen molar-refractivity contribution in [1.82, 2.24) is 5.32 Å². The maximum Gasteiger partial charge on any atom is 0.119 e. The van der Waals surface area contributed by atoms with Gasteiger partial charge in [0.15, 0.2) is 0 Å². The molecule has 1 aromatic carbocycles. The number of aliphatic hydroxyl groups is 1. The van der Waals surface area contributed by atoms with Gasteiger partial charge in [0.1, 0.15) is 18.5 Å². The lowest BCUT2D eigenvalue weighted by molar-refractivity contribution is 0.104. The van der Waals surface area contributed by atoms with Gasteiger partial charge in [0, 0.05) is 19.0 Å². The summed E-state index contributed by atoms with van der Waals surface area (Å²) in [6, 6.07) is 7.98. The Morgan fingerprint density at radius 3 is 2.94 bits per heavy atom. The van der Waals surface area contributed by atoms with Crippen LogP contribution in [0.3, 0.4) is 0 Å². The SMILES string of the molecule is C#CCC(C)NCC(O)COc1cccc(C)c1. The van der Waals surface area contributed by atoms with E-state index in [1.807, 2.05) is 38.1 Å². The van der Waals surface area contributed by atoms with Crippen LogP contribution in [0.25, 0.3) is 0 Å². The first-order valence-corrected chi connectivity index (χ1v) is 6.16. The molecule has 0 aliphatic heterocycles. The minimum absolute atomic E-state index is 0.212. The molecule has 18 heavy (non-hydrogen) atoms. The van der Waals surface area contributed by atoms with Crippen LogP contribution < -0.4 is 10.1 Å². The van der Waals surface area contributed by atoms with Crippen LogP contribution in [0.1, 0.15) is 18.9 Å². The van der Waals surface area contributed by atoms with Crippen molar-refractivity contribution in [1.29, 1.82) is 0 Å². The molecule has 2 unspecified atom stereocenters. The highest BCUT2D eigenvalue weighted by atomic mass is 16.5. The molecule has 0 radical (unpaired) electrons. The molecule has 0 amide bonds. The van der Waals surface area contributed by atoms with Crippen molar-refractivity contribution in [2.24, 2.45) is 0 Å². The Morgan fingerprint density at radius 2 is 2.28 bits per heavy atom. The Labute approximate surface area is 109 Å². The van der Waals surface area contributed by atoms with Crippen LogP contribution in [-0.4, -0.2) is 30.4 Å². The highest BCUT2D eigenvalue weighted by Gasteiger charge is 2.07. The average Bonchev–Trinajstić information content (AvgIpc) is 2.34. The number of aliphatic hydroxyl groups excluding tert-OH is 1. The number of rotatable bonds is 7. The zero-order valence-corrected chi connectivity index (χ0v) is 11.0. The smallest absolute Gasteiger partial charge is 0.119 e. The average molecular weight is 247 g/mol. The summed E-state index contributed by atoms with van der Waals surface area (Å²) in [5.41, 5.74) is 1.14. The van der Waals surface area contributed by atoms with Crippen molar-refractivity contribution in [3.8, 4) is 18.1 Å². The largest absolute Gasteiger partial charge is 0.491 e. The Morgan fingerprint density at radius 1 is 1.50 bits per heavy atom. The summed E-state index contributed by atoms with van der Waals surface area (Å²) in [6.45, 7) is 4.76. The van der Waals surface area contributed by atoms with Gasteiger partial charge < -0.3 is 15.2 Å². The first-order chi connectivity index (χ1) is 8.61. The molecule has 0 saturated heterocycles. The maximum atomic E-state index is 9.76. The number of hydrogen-bond acceptors (Lipinski definition) is 3. The normalized spacial score (nSPS) is 13.7. The van der Waals surface area contributed by atoms with E-state index in [-0.39, 0.29) is 12.6 Å². The topological polar surface area (TPSA) is 41.5 Å². The maximum absolute atomic E-state index is 9.76. The van der Waals surface area contributed by atoms with Crippen LogP contribution >= 0.6 is 0 Å². The molecule has 0 bridgehead atoms. The minimum atomic E-state index is -0.536. The van der Waals surface area contributed by atoms with Gasteiger partial charge in [-0.1, -0.05) is 12.1 Å². The van der Waals surface area contributed by atoms with Crippen LogP contribution in [-0.2, 0) is 0 Å². The Kier molecular flexibility index (Phi) is 6.27. The number of hydrogen-bond donors (Lipinski definition) is 2. The summed E-state index contributed by atoms with van der Waals surface area (Å²) < 4.78 is 5.51. The predicted molar refractivity (Wildman–Crippen MR) is 73.6 cm³/mol. The summed E-state index contributed by atoms with van der Waals surface area (Å²) in [5, 5.41) is 12.9. The Balaban J connectivity index is 2.25. The van der Waals surface area contributed by atoms with E-state index in [0.29, 0.717) is 13.0 Å². The molecule has 2 N–H and O–H groups in total. The molecule has 2 atom stereocenters. The van der Waals surface area contributed by atoms with E-state index in [1.54, 1.807) is 0 Å². The fourth-order valence-electron chi connectivity index (χ4n) is 1.54. The van der Waals surface area contributed by atoms with Gasteiger partial charge in [-0.3, -0.25) is 0 Å². The molecule has 0 fully saturated rings. The number of nitrogens with one attached hydrogen (secondary N) is 1. The lowest BCUT2D eigenvalue weighted by Crippen LogP contribution is -2.36. The molecule has 1 rings (SSSR count). The Hall–Kier alpha value is -1.50. The number of terminal acetylenes is 1. The summed E-state index contributed by atoms with van der Waals surface area (Å²) in [7, 11) is 0. The van der Waals surface area contributed by atoms with E-state index in [4.69, 9.17) is 11.2 Å². The molecule has 0 aromatic heterocycles. The standard InChI is InChI=1S/C15H21NO2/c1-4-6-13(3)16-10-14(17)11-18-15-8-5-7-12(2)9-15/h1,5,7-9,13-14,16-17H,6,10-11H2,2-3H3. The monoisotopic (exact) mass is 247 g/mol. The first kappa shape index (κ1) is 14.6. The van der Waals surface area contributed by atoms with Crippen molar-refractivity contribution in [2.45, 2.75) is 32.4 Å². The zero-order chi connectivity index (χ0) is 13.4. The number of aryl methyl sites for hydroxylation is 1. The van der Waals surface area contributed by atoms with Crippen LogP contribution in [0.15, 0.2) is 24.3 Å². The third kappa shape index (κ3) is 5.72. The quantitative estimate of drug-likeness (QED) is 0.721.